The van der Waals surface area contributed by atoms with Gasteiger partial charge in [-0.25, -0.2) is 9.89 Å². The number of rotatable bonds is 4. The van der Waals surface area contributed by atoms with Gasteiger partial charge in [0.25, 0.3) is 5.91 Å². The van der Waals surface area contributed by atoms with Crippen LogP contribution in [0.5, 0.6) is 5.75 Å². The first-order chi connectivity index (χ1) is 14.0. The molecule has 29 heavy (non-hydrogen) atoms. The fourth-order valence-electron chi connectivity index (χ4n) is 3.08. The van der Waals surface area contributed by atoms with Crippen molar-refractivity contribution in [3.05, 3.63) is 54.1 Å². The molecule has 0 fully saturated rings. The lowest BCUT2D eigenvalue weighted by Gasteiger charge is -2.26. The summed E-state index contributed by atoms with van der Waals surface area (Å²) in [5, 5.41) is 2.88. The van der Waals surface area contributed by atoms with E-state index < -0.39 is 11.3 Å². The minimum Gasteiger partial charge on any atom is -0.497 e. The number of aliphatic imine (C=N–C) groups is 2. The Hall–Kier alpha value is -3.13. The molecule has 1 N–H and O–H groups in total. The largest absolute Gasteiger partial charge is 0.497 e. The molecule has 2 aliphatic rings. The van der Waals surface area contributed by atoms with Crippen molar-refractivity contribution in [1.29, 1.82) is 0 Å². The first-order valence-corrected chi connectivity index (χ1v) is 10.1. The molecule has 8 heteroatoms. The van der Waals surface area contributed by atoms with Gasteiger partial charge in [-0.15, -0.1) is 0 Å². The highest BCUT2D eigenvalue weighted by molar-refractivity contribution is 8.15. The van der Waals surface area contributed by atoms with Gasteiger partial charge in [-0.05, 0) is 50.2 Å². The molecule has 0 unspecified atom stereocenters. The first-order valence-electron chi connectivity index (χ1n) is 9.19. The van der Waals surface area contributed by atoms with Crippen LogP contribution >= 0.6 is 11.8 Å². The normalized spacial score (nSPS) is 18.4. The number of methoxy groups -OCH3 is 1. The number of amidine groups is 2. The van der Waals surface area contributed by atoms with Gasteiger partial charge >= 0.3 is 0 Å². The van der Waals surface area contributed by atoms with E-state index in [4.69, 9.17) is 4.74 Å². The molecule has 0 saturated carbocycles. The number of hydrogen-bond donors (Lipinski definition) is 1. The molecule has 0 radical (unpaired) electrons. The number of ether oxygens (including phenoxy) is 1. The highest BCUT2D eigenvalue weighted by atomic mass is 32.2. The van der Waals surface area contributed by atoms with Crippen molar-refractivity contribution in [2.45, 2.75) is 25.1 Å². The van der Waals surface area contributed by atoms with Crippen LogP contribution in [0.25, 0.3) is 0 Å². The van der Waals surface area contributed by atoms with E-state index >= 15 is 0 Å². The molecule has 148 valence electrons. The van der Waals surface area contributed by atoms with Crippen LogP contribution < -0.4 is 10.1 Å². The van der Waals surface area contributed by atoms with Crippen LogP contribution in [-0.2, 0) is 9.59 Å². The summed E-state index contributed by atoms with van der Waals surface area (Å²) < 4.78 is 5.13. The lowest BCUT2D eigenvalue weighted by molar-refractivity contribution is -0.124. The van der Waals surface area contributed by atoms with Crippen molar-refractivity contribution in [3.63, 3.8) is 0 Å². The second kappa shape index (κ2) is 7.71. The number of benzene rings is 2. The molecule has 4 rings (SSSR count). The summed E-state index contributed by atoms with van der Waals surface area (Å²) in [6.07, 6.45) is 0. The zero-order valence-electron chi connectivity index (χ0n) is 16.2. The van der Waals surface area contributed by atoms with Crippen LogP contribution in [0.4, 0.5) is 11.4 Å². The molecular formula is C21H20N4O3S. The van der Waals surface area contributed by atoms with Gasteiger partial charge in [0.15, 0.2) is 5.17 Å². The van der Waals surface area contributed by atoms with Crippen molar-refractivity contribution in [3.8, 4) is 5.75 Å². The van der Waals surface area contributed by atoms with Gasteiger partial charge in [0.1, 0.15) is 17.6 Å². The van der Waals surface area contributed by atoms with E-state index in [1.165, 1.54) is 16.7 Å². The van der Waals surface area contributed by atoms with Gasteiger partial charge in [0.2, 0.25) is 5.91 Å². The van der Waals surface area contributed by atoms with Gasteiger partial charge < -0.3 is 10.1 Å². The number of carbonyl (C=O) groups excluding carboxylic acids is 2. The zero-order chi connectivity index (χ0) is 20.5. The first kappa shape index (κ1) is 19.2. The summed E-state index contributed by atoms with van der Waals surface area (Å²) in [5.74, 6) is 0.996. The van der Waals surface area contributed by atoms with Crippen LogP contribution in [0.1, 0.15) is 19.4 Å². The third kappa shape index (κ3) is 3.63. The van der Waals surface area contributed by atoms with E-state index in [1.807, 2.05) is 24.3 Å². The Balaban J connectivity index is 1.54. The summed E-state index contributed by atoms with van der Waals surface area (Å²) in [7, 11) is 1.59. The molecule has 0 aliphatic carbocycles. The van der Waals surface area contributed by atoms with Gasteiger partial charge in [-0.1, -0.05) is 23.9 Å². The average molecular weight is 408 g/mol. The Morgan fingerprint density at radius 1 is 1.21 bits per heavy atom. The number of thioether (sulfide) groups is 1. The molecular weight excluding hydrogens is 388 g/mol. The molecule has 2 aliphatic heterocycles. The van der Waals surface area contributed by atoms with Crippen molar-refractivity contribution >= 4 is 46.0 Å². The van der Waals surface area contributed by atoms with E-state index in [0.717, 1.165) is 11.3 Å². The number of nitrogens with one attached hydrogen (secondary N) is 1. The standard InChI is InChI=1S/C21H20N4O3S/c1-12-20(27)25-18(22-12)16-6-4-5-7-17(16)24-21(25)29-13(2)19(26)23-14-8-10-15(28-3)11-9-14/h4-13H,1-3H3,(H,23,26)/t12-,13+/m1/s1. The van der Waals surface area contributed by atoms with Crippen molar-refractivity contribution in [2.75, 3.05) is 12.4 Å². The molecule has 0 saturated heterocycles. The fourth-order valence-corrected chi connectivity index (χ4v) is 4.00. The SMILES string of the molecule is COc1ccc(NC(=O)[C@H](C)SC2=Nc3ccccc3C3=N[C@H](C)C(=O)N23)cc1. The van der Waals surface area contributed by atoms with Crippen LogP contribution in [0.15, 0.2) is 58.5 Å². The number of amides is 2. The van der Waals surface area contributed by atoms with Gasteiger partial charge in [-0.3, -0.25) is 14.6 Å². The molecule has 2 atom stereocenters. The van der Waals surface area contributed by atoms with Crippen molar-refractivity contribution in [2.24, 2.45) is 9.98 Å². The molecule has 2 amide bonds. The van der Waals surface area contributed by atoms with Crippen molar-refractivity contribution in [1.82, 2.24) is 4.90 Å². The highest BCUT2D eigenvalue weighted by Gasteiger charge is 2.40. The minimum absolute atomic E-state index is 0.136. The zero-order valence-corrected chi connectivity index (χ0v) is 17.1. The Bertz CT molecular complexity index is 1030. The van der Waals surface area contributed by atoms with E-state index in [2.05, 4.69) is 15.3 Å². The van der Waals surface area contributed by atoms with Crippen LogP contribution in [0.3, 0.4) is 0 Å². The maximum absolute atomic E-state index is 12.7. The van der Waals surface area contributed by atoms with E-state index in [-0.39, 0.29) is 11.8 Å². The van der Waals surface area contributed by atoms with Gasteiger partial charge in [0.05, 0.1) is 18.0 Å². The average Bonchev–Trinajstić information content (AvgIpc) is 3.03. The predicted molar refractivity (Wildman–Crippen MR) is 115 cm³/mol. The lowest BCUT2D eigenvalue weighted by atomic mass is 10.1. The molecule has 7 nitrogen and oxygen atoms in total. The number of para-hydroxylation sites is 1. The van der Waals surface area contributed by atoms with Crippen LogP contribution in [-0.4, -0.2) is 46.1 Å². The summed E-state index contributed by atoms with van der Waals surface area (Å²) in [6.45, 7) is 3.55. The summed E-state index contributed by atoms with van der Waals surface area (Å²) >= 11 is 1.24. The predicted octanol–water partition coefficient (Wildman–Crippen LogP) is 3.43. The van der Waals surface area contributed by atoms with E-state index in [9.17, 15) is 9.59 Å². The number of hydrogen-bond acceptors (Lipinski definition) is 6. The van der Waals surface area contributed by atoms with Crippen molar-refractivity contribution < 1.29 is 14.3 Å². The molecule has 2 aromatic carbocycles. The smallest absolute Gasteiger partial charge is 0.258 e. The van der Waals surface area contributed by atoms with Gasteiger partial charge in [-0.2, -0.15) is 0 Å². The molecule has 0 aromatic heterocycles. The Kier molecular flexibility index (Phi) is 5.10. The highest BCUT2D eigenvalue weighted by Crippen LogP contribution is 2.34. The summed E-state index contributed by atoms with van der Waals surface area (Å²) in [4.78, 5) is 36.0. The quantitative estimate of drug-likeness (QED) is 0.840. The van der Waals surface area contributed by atoms with Gasteiger partial charge in [0, 0.05) is 11.3 Å². The molecule has 2 aromatic rings. The molecule has 0 spiro atoms. The molecule has 2 heterocycles. The number of carbonyl (C=O) groups is 2. The van der Waals surface area contributed by atoms with E-state index in [1.54, 1.807) is 45.2 Å². The topological polar surface area (TPSA) is 83.4 Å². The Labute approximate surface area is 172 Å². The summed E-state index contributed by atoms with van der Waals surface area (Å²) in [6, 6.07) is 14.2. The Morgan fingerprint density at radius 3 is 2.66 bits per heavy atom. The second-order valence-corrected chi connectivity index (χ2v) is 8.00. The second-order valence-electron chi connectivity index (χ2n) is 6.69. The van der Waals surface area contributed by atoms with E-state index in [0.29, 0.717) is 22.4 Å². The summed E-state index contributed by atoms with van der Waals surface area (Å²) in [5.41, 5.74) is 2.24. The maximum Gasteiger partial charge on any atom is 0.258 e. The number of anilines is 1. The Morgan fingerprint density at radius 2 is 1.93 bits per heavy atom. The lowest BCUT2D eigenvalue weighted by Crippen LogP contribution is -2.41. The third-order valence-electron chi connectivity index (χ3n) is 4.67. The number of fused-ring (bicyclic) bond motifs is 3. The third-order valence-corrected chi connectivity index (χ3v) is 5.72. The minimum atomic E-state index is -0.467. The van der Waals surface area contributed by atoms with Crippen LogP contribution in [0, 0.1) is 0 Å². The maximum atomic E-state index is 12.7. The van der Waals surface area contributed by atoms with Crippen LogP contribution in [0.2, 0.25) is 0 Å². The fraction of sp³-hybridized carbons (Fsp3) is 0.238. The monoisotopic (exact) mass is 408 g/mol. The molecule has 0 bridgehead atoms. The number of nitrogens with zero attached hydrogens (tertiary/aromatic N) is 3.